The summed E-state index contributed by atoms with van der Waals surface area (Å²) in [5.74, 6) is -1.65. The minimum Gasteiger partial charge on any atom is -0.478 e. The van der Waals surface area contributed by atoms with Crippen LogP contribution in [0.3, 0.4) is 0 Å². The fourth-order valence-corrected chi connectivity index (χ4v) is 3.43. The van der Waals surface area contributed by atoms with Crippen LogP contribution in [0.1, 0.15) is 46.3 Å². The van der Waals surface area contributed by atoms with Gasteiger partial charge in [-0.3, -0.25) is 0 Å². The lowest BCUT2D eigenvalue weighted by Gasteiger charge is -2.09. The van der Waals surface area contributed by atoms with Gasteiger partial charge in [0.15, 0.2) is 11.7 Å². The molecule has 0 unspecified atom stereocenters. The summed E-state index contributed by atoms with van der Waals surface area (Å²) in [7, 11) is -4.24. The van der Waals surface area contributed by atoms with Gasteiger partial charge in [-0.05, 0) is 37.5 Å². The van der Waals surface area contributed by atoms with Gasteiger partial charge in [-0.2, -0.15) is 0 Å². The lowest BCUT2D eigenvalue weighted by molar-refractivity contribution is 0.0691. The first-order valence-electron chi connectivity index (χ1n) is 7.25. The minimum absolute atomic E-state index is 0.197. The maximum atomic E-state index is 14.2. The molecule has 1 aliphatic rings. The summed E-state index contributed by atoms with van der Waals surface area (Å²) >= 11 is 0. The monoisotopic (exact) mass is 354 g/mol. The van der Waals surface area contributed by atoms with Gasteiger partial charge in [0.2, 0.25) is 10.0 Å². The Balaban J connectivity index is 1.83. The highest BCUT2D eigenvalue weighted by Gasteiger charge is 2.29. The Bertz CT molecular complexity index is 903. The third-order valence-corrected chi connectivity index (χ3v) is 5.04. The zero-order chi connectivity index (χ0) is 17.5. The number of carbonyl (C=O) groups is 1. The van der Waals surface area contributed by atoms with E-state index in [0.717, 1.165) is 25.0 Å². The fourth-order valence-electron chi connectivity index (χ4n) is 2.25. The molecule has 0 bridgehead atoms. The van der Waals surface area contributed by atoms with Crippen LogP contribution >= 0.6 is 0 Å². The summed E-state index contributed by atoms with van der Waals surface area (Å²) in [4.78, 5) is 14.4. The quantitative estimate of drug-likeness (QED) is 0.823. The predicted octanol–water partition coefficient (Wildman–Crippen LogP) is 2.18. The summed E-state index contributed by atoms with van der Waals surface area (Å²) in [6.07, 6.45) is 3.42. The lowest BCUT2D eigenvalue weighted by Crippen LogP contribution is -2.25. The highest BCUT2D eigenvalue weighted by Crippen LogP contribution is 2.39. The Morgan fingerprint density at radius 2 is 2.17 bits per heavy atom. The Morgan fingerprint density at radius 3 is 2.79 bits per heavy atom. The number of carboxylic acid groups (broad SMARTS) is 1. The standard InChI is InChI=1S/C15H15FN2O5S/c1-8-4-11(15(19)20)13(16)12(5-8)24(21,22)18-7-10-6-17-14(23-10)9-2-3-9/h4-6,9,18H,2-3,7H2,1H3,(H,19,20). The van der Waals surface area contributed by atoms with E-state index in [-0.39, 0.29) is 6.54 Å². The van der Waals surface area contributed by atoms with Gasteiger partial charge in [0.05, 0.1) is 18.3 Å². The first-order chi connectivity index (χ1) is 11.3. The van der Waals surface area contributed by atoms with Gasteiger partial charge in [0, 0.05) is 5.92 Å². The predicted molar refractivity (Wildman–Crippen MR) is 80.6 cm³/mol. The lowest BCUT2D eigenvalue weighted by atomic mass is 10.1. The van der Waals surface area contributed by atoms with Crippen molar-refractivity contribution >= 4 is 16.0 Å². The van der Waals surface area contributed by atoms with E-state index >= 15 is 0 Å². The van der Waals surface area contributed by atoms with E-state index < -0.39 is 32.3 Å². The molecular formula is C15H15FN2O5S. The molecule has 7 nitrogen and oxygen atoms in total. The van der Waals surface area contributed by atoms with Crippen molar-refractivity contribution in [2.24, 2.45) is 0 Å². The molecule has 2 aromatic rings. The highest BCUT2D eigenvalue weighted by atomic mass is 32.2. The maximum absolute atomic E-state index is 14.2. The summed E-state index contributed by atoms with van der Waals surface area (Å²) in [5.41, 5.74) is -0.365. The smallest absolute Gasteiger partial charge is 0.338 e. The van der Waals surface area contributed by atoms with Crippen molar-refractivity contribution in [2.75, 3.05) is 0 Å². The summed E-state index contributed by atoms with van der Waals surface area (Å²) in [6, 6.07) is 2.16. The van der Waals surface area contributed by atoms with Crippen LogP contribution in [0.5, 0.6) is 0 Å². The van der Waals surface area contributed by atoms with Crippen molar-refractivity contribution in [2.45, 2.75) is 37.1 Å². The number of aromatic nitrogens is 1. The van der Waals surface area contributed by atoms with E-state index in [4.69, 9.17) is 9.52 Å². The molecule has 0 radical (unpaired) electrons. The highest BCUT2D eigenvalue weighted by molar-refractivity contribution is 7.89. The van der Waals surface area contributed by atoms with Gasteiger partial charge in [0.25, 0.3) is 0 Å². The number of benzene rings is 1. The maximum Gasteiger partial charge on any atom is 0.338 e. The largest absolute Gasteiger partial charge is 0.478 e. The molecule has 1 fully saturated rings. The third-order valence-electron chi connectivity index (χ3n) is 3.64. The van der Waals surface area contributed by atoms with Gasteiger partial charge < -0.3 is 9.52 Å². The second-order valence-electron chi connectivity index (χ2n) is 5.69. The van der Waals surface area contributed by atoms with Crippen LogP contribution in [0, 0.1) is 12.7 Å². The molecule has 2 N–H and O–H groups in total. The van der Waals surface area contributed by atoms with Crippen molar-refractivity contribution in [1.29, 1.82) is 0 Å². The number of hydrogen-bond acceptors (Lipinski definition) is 5. The molecule has 1 aromatic heterocycles. The average Bonchev–Trinajstić information content (AvgIpc) is 3.25. The van der Waals surface area contributed by atoms with Crippen molar-refractivity contribution in [1.82, 2.24) is 9.71 Å². The fraction of sp³-hybridized carbons (Fsp3) is 0.333. The SMILES string of the molecule is Cc1cc(C(=O)O)c(F)c(S(=O)(=O)NCc2cnc(C3CC3)o2)c1. The van der Waals surface area contributed by atoms with Gasteiger partial charge in [-0.25, -0.2) is 27.3 Å². The number of halogens is 1. The van der Waals surface area contributed by atoms with Crippen LogP contribution in [0.4, 0.5) is 4.39 Å². The zero-order valence-electron chi connectivity index (χ0n) is 12.7. The second-order valence-corrected chi connectivity index (χ2v) is 7.43. The van der Waals surface area contributed by atoms with E-state index in [2.05, 4.69) is 9.71 Å². The molecule has 0 saturated heterocycles. The van der Waals surface area contributed by atoms with Crippen LogP contribution < -0.4 is 4.72 Å². The number of rotatable bonds is 6. The molecular weight excluding hydrogens is 339 g/mol. The first kappa shape index (κ1) is 16.6. The number of aromatic carboxylic acids is 1. The molecule has 0 atom stereocenters. The molecule has 9 heteroatoms. The molecule has 3 rings (SSSR count). The van der Waals surface area contributed by atoms with E-state index in [9.17, 15) is 17.6 Å². The van der Waals surface area contributed by atoms with Crippen LogP contribution in [0.15, 0.2) is 27.6 Å². The van der Waals surface area contributed by atoms with Crippen LogP contribution in [-0.2, 0) is 16.6 Å². The zero-order valence-corrected chi connectivity index (χ0v) is 13.6. The summed E-state index contributed by atoms with van der Waals surface area (Å²) in [5, 5.41) is 8.97. The van der Waals surface area contributed by atoms with Crippen LogP contribution in [-0.4, -0.2) is 24.5 Å². The summed E-state index contributed by atoms with van der Waals surface area (Å²) < 4.78 is 46.4. The topological polar surface area (TPSA) is 110 Å². The van der Waals surface area contributed by atoms with Gasteiger partial charge in [-0.15, -0.1) is 0 Å². The Labute approximate surface area is 137 Å². The van der Waals surface area contributed by atoms with E-state index in [0.29, 0.717) is 23.1 Å². The number of nitrogens with one attached hydrogen (secondary N) is 1. The second kappa shape index (κ2) is 5.99. The normalized spacial score (nSPS) is 14.8. The number of oxazole rings is 1. The van der Waals surface area contributed by atoms with Crippen LogP contribution in [0.25, 0.3) is 0 Å². The first-order valence-corrected chi connectivity index (χ1v) is 8.74. The van der Waals surface area contributed by atoms with E-state index in [1.165, 1.54) is 13.1 Å². The van der Waals surface area contributed by atoms with Crippen LogP contribution in [0.2, 0.25) is 0 Å². The van der Waals surface area contributed by atoms with Gasteiger partial charge in [0.1, 0.15) is 10.7 Å². The van der Waals surface area contributed by atoms with Crippen molar-refractivity contribution in [3.8, 4) is 0 Å². The van der Waals surface area contributed by atoms with Gasteiger partial charge >= 0.3 is 5.97 Å². The molecule has 1 aliphatic carbocycles. The Kier molecular flexibility index (Phi) is 4.14. The molecule has 1 aromatic carbocycles. The van der Waals surface area contributed by atoms with Crippen molar-refractivity contribution < 1.29 is 27.1 Å². The van der Waals surface area contributed by atoms with E-state index in [1.54, 1.807) is 0 Å². The molecule has 128 valence electrons. The van der Waals surface area contributed by atoms with E-state index in [1.807, 2.05) is 0 Å². The number of sulfonamides is 1. The molecule has 1 saturated carbocycles. The summed E-state index contributed by atoms with van der Waals surface area (Å²) in [6.45, 7) is 1.29. The van der Waals surface area contributed by atoms with Crippen molar-refractivity contribution in [3.63, 3.8) is 0 Å². The number of hydrogen-bond donors (Lipinski definition) is 2. The molecule has 24 heavy (non-hydrogen) atoms. The molecule has 0 amide bonds. The minimum atomic E-state index is -4.24. The number of nitrogens with zero attached hydrogens (tertiary/aromatic N) is 1. The molecule has 0 spiro atoms. The van der Waals surface area contributed by atoms with Crippen molar-refractivity contribution in [3.05, 3.63) is 46.9 Å². The van der Waals surface area contributed by atoms with Gasteiger partial charge in [-0.1, -0.05) is 0 Å². The third kappa shape index (κ3) is 3.31. The molecule has 1 heterocycles. The number of aryl methyl sites for hydroxylation is 1. The number of carboxylic acids is 1. The Hall–Kier alpha value is -2.26. The molecule has 0 aliphatic heterocycles. The Morgan fingerprint density at radius 1 is 1.46 bits per heavy atom. The average molecular weight is 354 g/mol.